The van der Waals surface area contributed by atoms with E-state index in [-0.39, 0.29) is 0 Å². The van der Waals surface area contributed by atoms with Gasteiger partial charge in [0.05, 0.1) is 19.8 Å². The zero-order valence-electron chi connectivity index (χ0n) is 15.1. The highest BCUT2D eigenvalue weighted by Crippen LogP contribution is 2.23. The molecule has 1 aromatic carbocycles. The molecule has 1 aliphatic heterocycles. The van der Waals surface area contributed by atoms with Crippen LogP contribution in [-0.4, -0.2) is 56.0 Å². The number of ether oxygens (including phenoxy) is 3. The van der Waals surface area contributed by atoms with Gasteiger partial charge in [0, 0.05) is 24.1 Å². The van der Waals surface area contributed by atoms with Crippen molar-refractivity contribution in [3.63, 3.8) is 0 Å². The topological polar surface area (TPSA) is 60.0 Å². The minimum absolute atomic E-state index is 0.382. The van der Waals surface area contributed by atoms with Crippen molar-refractivity contribution in [2.24, 2.45) is 0 Å². The number of morpholine rings is 1. The molecule has 1 heterocycles. The minimum Gasteiger partial charge on any atom is -0.492 e. The molecule has 0 saturated carbocycles. The van der Waals surface area contributed by atoms with Gasteiger partial charge in [0.25, 0.3) is 0 Å². The fourth-order valence-electron chi connectivity index (χ4n) is 2.45. The molecular formula is C18H27BrN2O4. The number of amides is 1. The van der Waals surface area contributed by atoms with Gasteiger partial charge in [0.15, 0.2) is 0 Å². The van der Waals surface area contributed by atoms with E-state index >= 15 is 0 Å². The van der Waals surface area contributed by atoms with Gasteiger partial charge in [0.2, 0.25) is 0 Å². The number of rotatable bonds is 6. The molecule has 2 rings (SSSR count). The zero-order valence-corrected chi connectivity index (χ0v) is 16.7. The third kappa shape index (κ3) is 8.07. The van der Waals surface area contributed by atoms with Crippen LogP contribution < -0.4 is 10.1 Å². The summed E-state index contributed by atoms with van der Waals surface area (Å²) in [6, 6.07) is 6.06. The molecule has 0 aliphatic carbocycles. The highest BCUT2D eigenvalue weighted by Gasteiger charge is 2.15. The first-order valence-electron chi connectivity index (χ1n) is 8.51. The number of nitrogens with zero attached hydrogens (tertiary/aromatic N) is 1. The van der Waals surface area contributed by atoms with Crippen molar-refractivity contribution in [3.8, 4) is 5.75 Å². The van der Waals surface area contributed by atoms with E-state index in [1.54, 1.807) is 0 Å². The molecule has 0 atom stereocenters. The van der Waals surface area contributed by atoms with Crippen LogP contribution in [0.15, 0.2) is 22.7 Å². The normalized spacial score (nSPS) is 15.7. The molecule has 0 unspecified atom stereocenters. The Labute approximate surface area is 157 Å². The Hall–Kier alpha value is -1.31. The van der Waals surface area contributed by atoms with Gasteiger partial charge in [-0.25, -0.2) is 4.79 Å². The van der Waals surface area contributed by atoms with Crippen molar-refractivity contribution in [2.75, 3.05) is 39.5 Å². The fraction of sp³-hybridized carbons (Fsp3) is 0.611. The summed E-state index contributed by atoms with van der Waals surface area (Å²) < 4.78 is 17.3. The molecule has 1 aliphatic rings. The van der Waals surface area contributed by atoms with Gasteiger partial charge in [-0.3, -0.25) is 4.90 Å². The summed E-state index contributed by atoms with van der Waals surface area (Å²) in [5, 5.41) is 2.68. The van der Waals surface area contributed by atoms with Crippen molar-refractivity contribution < 1.29 is 19.0 Å². The molecule has 1 aromatic rings. The number of hydrogen-bond acceptors (Lipinski definition) is 5. The van der Waals surface area contributed by atoms with E-state index in [1.165, 1.54) is 5.56 Å². The molecular weight excluding hydrogens is 388 g/mol. The first-order chi connectivity index (χ1) is 11.8. The van der Waals surface area contributed by atoms with E-state index in [1.807, 2.05) is 32.9 Å². The van der Waals surface area contributed by atoms with E-state index in [0.29, 0.717) is 13.2 Å². The largest absolute Gasteiger partial charge is 0.492 e. The van der Waals surface area contributed by atoms with E-state index in [2.05, 4.69) is 32.2 Å². The van der Waals surface area contributed by atoms with Crippen LogP contribution in [0.25, 0.3) is 0 Å². The number of nitrogens with one attached hydrogen (secondary N) is 1. The lowest BCUT2D eigenvalue weighted by Gasteiger charge is -2.26. The van der Waals surface area contributed by atoms with Gasteiger partial charge in [-0.15, -0.1) is 0 Å². The molecule has 6 nitrogen and oxygen atoms in total. The predicted octanol–water partition coefficient (Wildman–Crippen LogP) is 3.18. The lowest BCUT2D eigenvalue weighted by Crippen LogP contribution is -2.35. The molecule has 0 radical (unpaired) electrons. The molecule has 1 saturated heterocycles. The Morgan fingerprint density at radius 3 is 2.68 bits per heavy atom. The summed E-state index contributed by atoms with van der Waals surface area (Å²) in [6.45, 7) is 10.6. The molecule has 140 valence electrons. The van der Waals surface area contributed by atoms with E-state index in [0.717, 1.165) is 43.1 Å². The van der Waals surface area contributed by atoms with Crippen molar-refractivity contribution in [2.45, 2.75) is 32.9 Å². The van der Waals surface area contributed by atoms with Crippen molar-refractivity contribution in [1.82, 2.24) is 10.2 Å². The molecule has 1 fully saturated rings. The summed E-state index contributed by atoms with van der Waals surface area (Å²) in [5.74, 6) is 0.781. The Balaban J connectivity index is 1.78. The lowest BCUT2D eigenvalue weighted by molar-refractivity contribution is 0.0341. The van der Waals surface area contributed by atoms with E-state index < -0.39 is 11.7 Å². The van der Waals surface area contributed by atoms with Crippen LogP contribution in [0.5, 0.6) is 5.75 Å². The SMILES string of the molecule is CC(C)(C)OC(=O)NCCOc1cc(Br)cc(CN2CCOCC2)c1. The van der Waals surface area contributed by atoms with E-state index in [4.69, 9.17) is 14.2 Å². The van der Waals surface area contributed by atoms with Gasteiger partial charge in [-0.2, -0.15) is 0 Å². The average molecular weight is 415 g/mol. The first kappa shape index (κ1) is 20.0. The average Bonchev–Trinajstić information content (AvgIpc) is 2.50. The Bertz CT molecular complexity index is 569. The van der Waals surface area contributed by atoms with Crippen LogP contribution in [0.3, 0.4) is 0 Å². The van der Waals surface area contributed by atoms with Gasteiger partial charge >= 0.3 is 6.09 Å². The van der Waals surface area contributed by atoms with Gasteiger partial charge in [-0.1, -0.05) is 15.9 Å². The highest BCUT2D eigenvalue weighted by molar-refractivity contribution is 9.10. The second-order valence-corrected chi connectivity index (χ2v) is 7.88. The number of carbonyl (C=O) groups excluding carboxylic acids is 1. The zero-order chi connectivity index (χ0) is 18.3. The van der Waals surface area contributed by atoms with Crippen LogP contribution >= 0.6 is 15.9 Å². The fourth-order valence-corrected chi connectivity index (χ4v) is 2.97. The maximum absolute atomic E-state index is 11.6. The summed E-state index contributed by atoms with van der Waals surface area (Å²) in [4.78, 5) is 13.9. The second-order valence-electron chi connectivity index (χ2n) is 6.96. The van der Waals surface area contributed by atoms with Crippen molar-refractivity contribution in [3.05, 3.63) is 28.2 Å². The summed E-state index contributed by atoms with van der Waals surface area (Å²) in [5.41, 5.74) is 0.690. The number of hydrogen-bond donors (Lipinski definition) is 1. The van der Waals surface area contributed by atoms with Gasteiger partial charge in [0.1, 0.15) is 18.0 Å². The lowest BCUT2D eigenvalue weighted by atomic mass is 10.2. The molecule has 0 bridgehead atoms. The third-order valence-electron chi connectivity index (χ3n) is 3.48. The quantitative estimate of drug-likeness (QED) is 0.724. The Morgan fingerprint density at radius 2 is 2.00 bits per heavy atom. The number of halogens is 1. The maximum atomic E-state index is 11.6. The molecule has 1 N–H and O–H groups in total. The summed E-state index contributed by atoms with van der Waals surface area (Å²) in [6.07, 6.45) is -0.432. The maximum Gasteiger partial charge on any atom is 0.407 e. The van der Waals surface area contributed by atoms with Crippen LogP contribution in [0.1, 0.15) is 26.3 Å². The number of alkyl carbamates (subject to hydrolysis) is 1. The monoisotopic (exact) mass is 414 g/mol. The van der Waals surface area contributed by atoms with E-state index in [9.17, 15) is 4.79 Å². The van der Waals surface area contributed by atoms with Crippen LogP contribution in [0, 0.1) is 0 Å². The van der Waals surface area contributed by atoms with Crippen LogP contribution in [-0.2, 0) is 16.0 Å². The molecule has 1 amide bonds. The molecule has 25 heavy (non-hydrogen) atoms. The summed E-state index contributed by atoms with van der Waals surface area (Å²) in [7, 11) is 0. The Kier molecular flexibility index (Phi) is 7.53. The second kappa shape index (κ2) is 9.40. The predicted molar refractivity (Wildman–Crippen MR) is 100.0 cm³/mol. The highest BCUT2D eigenvalue weighted by atomic mass is 79.9. The van der Waals surface area contributed by atoms with Crippen molar-refractivity contribution >= 4 is 22.0 Å². The molecule has 0 spiro atoms. The standard InChI is InChI=1S/C18H27BrN2O4/c1-18(2,3)25-17(22)20-4-7-24-16-11-14(10-15(19)12-16)13-21-5-8-23-9-6-21/h10-12H,4-9,13H2,1-3H3,(H,20,22). The molecule has 7 heteroatoms. The summed E-state index contributed by atoms with van der Waals surface area (Å²) >= 11 is 3.53. The minimum atomic E-state index is -0.496. The van der Waals surface area contributed by atoms with Crippen molar-refractivity contribution in [1.29, 1.82) is 0 Å². The van der Waals surface area contributed by atoms with Gasteiger partial charge in [-0.05, 0) is 44.5 Å². The third-order valence-corrected chi connectivity index (χ3v) is 3.94. The molecule has 0 aromatic heterocycles. The smallest absolute Gasteiger partial charge is 0.407 e. The number of benzene rings is 1. The van der Waals surface area contributed by atoms with Gasteiger partial charge < -0.3 is 19.5 Å². The Morgan fingerprint density at radius 1 is 1.28 bits per heavy atom. The first-order valence-corrected chi connectivity index (χ1v) is 9.30. The van der Waals surface area contributed by atoms with Crippen LogP contribution in [0.4, 0.5) is 4.79 Å². The number of carbonyl (C=O) groups is 1. The van der Waals surface area contributed by atoms with Crippen LogP contribution in [0.2, 0.25) is 0 Å².